The maximum Gasteiger partial charge on any atom is 0.138 e. The minimum atomic E-state index is 0.500. The van der Waals surface area contributed by atoms with Gasteiger partial charge in [-0.25, -0.2) is 9.97 Å². The molecule has 0 atom stereocenters. The molecule has 0 aliphatic carbocycles. The van der Waals surface area contributed by atoms with Crippen molar-refractivity contribution in [3.8, 4) is 22.5 Å². The minimum absolute atomic E-state index is 0.500. The van der Waals surface area contributed by atoms with Crippen molar-refractivity contribution in [1.82, 2.24) is 35.5 Å². The van der Waals surface area contributed by atoms with Crippen LogP contribution in [0.15, 0.2) is 55.0 Å². The second-order valence-electron chi connectivity index (χ2n) is 7.77. The molecule has 0 bridgehead atoms. The van der Waals surface area contributed by atoms with Crippen LogP contribution in [0, 0.1) is 0 Å². The standard InChI is InChI=1S/C23H21N7/c1-2-15(13-25-8-1)16-7-11-26-23-17(16)12-20(28-23)22-21-19(29-30-22)4-3-18(27-21)14-5-9-24-10-6-14/h1-4,7-8,11-14,24H,5-6,9-10H2,(H,26,28)(H,29,30). The summed E-state index contributed by atoms with van der Waals surface area (Å²) in [6.07, 6.45) is 7.72. The predicted octanol–water partition coefficient (Wildman–Crippen LogP) is 4.03. The van der Waals surface area contributed by atoms with Gasteiger partial charge in [0.2, 0.25) is 0 Å². The first-order valence-electron chi connectivity index (χ1n) is 10.3. The largest absolute Gasteiger partial charge is 0.338 e. The van der Waals surface area contributed by atoms with E-state index < -0.39 is 0 Å². The molecule has 5 aromatic rings. The smallest absolute Gasteiger partial charge is 0.138 e. The topological polar surface area (TPSA) is 95.2 Å². The molecule has 7 nitrogen and oxygen atoms in total. The number of aromatic amines is 2. The van der Waals surface area contributed by atoms with Crippen molar-refractivity contribution in [2.75, 3.05) is 13.1 Å². The molecule has 1 fully saturated rings. The lowest BCUT2D eigenvalue weighted by Gasteiger charge is -2.22. The van der Waals surface area contributed by atoms with Crippen molar-refractivity contribution in [3.05, 3.63) is 60.7 Å². The molecule has 0 radical (unpaired) electrons. The van der Waals surface area contributed by atoms with Gasteiger partial charge in [-0.1, -0.05) is 6.07 Å². The van der Waals surface area contributed by atoms with Crippen LogP contribution in [0.25, 0.3) is 44.6 Å². The van der Waals surface area contributed by atoms with Gasteiger partial charge in [0.25, 0.3) is 0 Å². The molecule has 30 heavy (non-hydrogen) atoms. The zero-order valence-corrected chi connectivity index (χ0v) is 16.4. The fourth-order valence-corrected chi connectivity index (χ4v) is 4.38. The molecule has 5 aromatic heterocycles. The highest BCUT2D eigenvalue weighted by Crippen LogP contribution is 2.33. The number of rotatable bonds is 3. The molecule has 1 saturated heterocycles. The van der Waals surface area contributed by atoms with Crippen molar-refractivity contribution >= 4 is 22.1 Å². The Bertz CT molecular complexity index is 1330. The molecule has 7 heteroatoms. The predicted molar refractivity (Wildman–Crippen MR) is 117 cm³/mol. The lowest BCUT2D eigenvalue weighted by atomic mass is 9.94. The number of hydrogen-bond acceptors (Lipinski definition) is 5. The average molecular weight is 395 g/mol. The summed E-state index contributed by atoms with van der Waals surface area (Å²) in [5.74, 6) is 0.500. The van der Waals surface area contributed by atoms with Gasteiger partial charge in [0.05, 0.1) is 11.2 Å². The van der Waals surface area contributed by atoms with Crippen LogP contribution in [0.4, 0.5) is 0 Å². The summed E-state index contributed by atoms with van der Waals surface area (Å²) < 4.78 is 0. The number of piperidine rings is 1. The fourth-order valence-electron chi connectivity index (χ4n) is 4.38. The van der Waals surface area contributed by atoms with Gasteiger partial charge in [-0.15, -0.1) is 0 Å². The van der Waals surface area contributed by atoms with E-state index in [-0.39, 0.29) is 0 Å². The first-order valence-corrected chi connectivity index (χ1v) is 10.3. The lowest BCUT2D eigenvalue weighted by Crippen LogP contribution is -2.27. The van der Waals surface area contributed by atoms with E-state index in [0.717, 1.165) is 76.2 Å². The molecule has 1 aliphatic heterocycles. The number of nitrogens with zero attached hydrogens (tertiary/aromatic N) is 4. The van der Waals surface area contributed by atoms with Crippen molar-refractivity contribution in [1.29, 1.82) is 0 Å². The molecule has 148 valence electrons. The number of nitrogens with one attached hydrogen (secondary N) is 3. The van der Waals surface area contributed by atoms with E-state index in [1.807, 2.05) is 24.5 Å². The summed E-state index contributed by atoms with van der Waals surface area (Å²) in [6.45, 7) is 2.10. The van der Waals surface area contributed by atoms with Crippen molar-refractivity contribution in [2.24, 2.45) is 0 Å². The van der Waals surface area contributed by atoms with Crippen molar-refractivity contribution in [2.45, 2.75) is 18.8 Å². The third-order valence-corrected chi connectivity index (χ3v) is 5.95. The molecule has 0 saturated carbocycles. The summed E-state index contributed by atoms with van der Waals surface area (Å²) >= 11 is 0. The Morgan fingerprint density at radius 3 is 2.80 bits per heavy atom. The quantitative estimate of drug-likeness (QED) is 0.429. The van der Waals surface area contributed by atoms with E-state index in [0.29, 0.717) is 5.92 Å². The van der Waals surface area contributed by atoms with E-state index in [1.165, 1.54) is 0 Å². The second-order valence-corrected chi connectivity index (χ2v) is 7.77. The van der Waals surface area contributed by atoms with Crippen LogP contribution in [0.2, 0.25) is 0 Å². The third-order valence-electron chi connectivity index (χ3n) is 5.95. The van der Waals surface area contributed by atoms with E-state index in [4.69, 9.17) is 4.98 Å². The maximum atomic E-state index is 5.01. The van der Waals surface area contributed by atoms with Crippen LogP contribution < -0.4 is 5.32 Å². The molecule has 6 heterocycles. The second kappa shape index (κ2) is 7.03. The van der Waals surface area contributed by atoms with Crippen molar-refractivity contribution < 1.29 is 0 Å². The Morgan fingerprint density at radius 2 is 1.93 bits per heavy atom. The fraction of sp³-hybridized carbons (Fsp3) is 0.217. The molecule has 3 N–H and O–H groups in total. The van der Waals surface area contributed by atoms with Crippen LogP contribution >= 0.6 is 0 Å². The molecule has 0 spiro atoms. The van der Waals surface area contributed by atoms with E-state index in [1.54, 1.807) is 6.20 Å². The van der Waals surface area contributed by atoms with Crippen LogP contribution in [0.1, 0.15) is 24.5 Å². The van der Waals surface area contributed by atoms with Gasteiger partial charge in [0.15, 0.2) is 0 Å². The lowest BCUT2D eigenvalue weighted by molar-refractivity contribution is 0.454. The van der Waals surface area contributed by atoms with E-state index >= 15 is 0 Å². The van der Waals surface area contributed by atoms with Gasteiger partial charge in [0, 0.05) is 41.2 Å². The Kier molecular flexibility index (Phi) is 4.06. The first-order chi connectivity index (χ1) is 14.9. The summed E-state index contributed by atoms with van der Waals surface area (Å²) in [5.41, 5.74) is 7.73. The molecular formula is C23H21N7. The summed E-state index contributed by atoms with van der Waals surface area (Å²) in [6, 6.07) is 12.4. The Labute approximate surface area is 173 Å². The van der Waals surface area contributed by atoms with E-state index in [2.05, 4.69) is 54.7 Å². The van der Waals surface area contributed by atoms with E-state index in [9.17, 15) is 0 Å². The molecule has 0 aromatic carbocycles. The zero-order chi connectivity index (χ0) is 19.9. The number of pyridine rings is 3. The Balaban J connectivity index is 1.47. The number of hydrogen-bond donors (Lipinski definition) is 3. The van der Waals surface area contributed by atoms with Crippen LogP contribution in [0.5, 0.6) is 0 Å². The Morgan fingerprint density at radius 1 is 1.00 bits per heavy atom. The number of fused-ring (bicyclic) bond motifs is 2. The molecule has 6 rings (SSSR count). The highest BCUT2D eigenvalue weighted by molar-refractivity contribution is 5.98. The highest BCUT2D eigenvalue weighted by atomic mass is 15.1. The first kappa shape index (κ1) is 17.3. The Hall–Kier alpha value is -3.58. The van der Waals surface area contributed by atoms with Gasteiger partial charge in [-0.05, 0) is 61.8 Å². The van der Waals surface area contributed by atoms with Gasteiger partial charge in [0.1, 0.15) is 16.9 Å². The van der Waals surface area contributed by atoms with Crippen LogP contribution in [0.3, 0.4) is 0 Å². The van der Waals surface area contributed by atoms with Gasteiger partial charge >= 0.3 is 0 Å². The third kappa shape index (κ3) is 2.86. The highest BCUT2D eigenvalue weighted by Gasteiger charge is 2.19. The number of H-pyrrole nitrogens is 2. The monoisotopic (exact) mass is 395 g/mol. The summed E-state index contributed by atoms with van der Waals surface area (Å²) in [4.78, 5) is 17.2. The van der Waals surface area contributed by atoms with Crippen LogP contribution in [-0.2, 0) is 0 Å². The average Bonchev–Trinajstić information content (AvgIpc) is 3.43. The van der Waals surface area contributed by atoms with Crippen LogP contribution in [-0.4, -0.2) is 43.2 Å². The minimum Gasteiger partial charge on any atom is -0.338 e. The molecular weight excluding hydrogens is 374 g/mol. The van der Waals surface area contributed by atoms with Crippen molar-refractivity contribution in [3.63, 3.8) is 0 Å². The number of aromatic nitrogens is 6. The molecule has 0 unspecified atom stereocenters. The summed E-state index contributed by atoms with van der Waals surface area (Å²) in [5, 5.41) is 12.2. The van der Waals surface area contributed by atoms with Gasteiger partial charge in [-0.3, -0.25) is 10.1 Å². The molecule has 0 amide bonds. The summed E-state index contributed by atoms with van der Waals surface area (Å²) in [7, 11) is 0. The zero-order valence-electron chi connectivity index (χ0n) is 16.4. The molecule has 1 aliphatic rings. The van der Waals surface area contributed by atoms with Gasteiger partial charge < -0.3 is 10.3 Å². The SMILES string of the molecule is c1cncc(-c2ccnc3[nH]c(-c4n[nH]c5ccc(C6CCNCC6)nc45)cc23)c1. The van der Waals surface area contributed by atoms with Gasteiger partial charge in [-0.2, -0.15) is 5.10 Å². The maximum absolute atomic E-state index is 5.01. The normalized spacial score (nSPS) is 15.2.